The Labute approximate surface area is 151 Å². The van der Waals surface area contributed by atoms with E-state index in [0.29, 0.717) is 11.5 Å². The zero-order valence-electron chi connectivity index (χ0n) is 13.4. The van der Waals surface area contributed by atoms with Crippen LogP contribution in [0.2, 0.25) is 5.28 Å². The van der Waals surface area contributed by atoms with E-state index in [1.165, 1.54) is 0 Å². The first-order valence-electron chi connectivity index (χ1n) is 7.71. The number of rotatable bonds is 3. The van der Waals surface area contributed by atoms with Crippen LogP contribution in [0.1, 0.15) is 33.5 Å². The quantitative estimate of drug-likeness (QED) is 0.499. The summed E-state index contributed by atoms with van der Waals surface area (Å²) in [5, 5.41) is -0.101. The number of halogens is 3. The molecule has 0 spiro atoms. The van der Waals surface area contributed by atoms with E-state index in [2.05, 4.69) is 9.97 Å². The standard InChI is InChI=1S/C18H11ClF2N2O3/c1-8-2-5-12(25-8)15-14-16(23-18(19)22-15)13(26-17(14)24)7-9-6-10(20)3-4-11(9)21/h2-6,13H,7H2,1H3. The summed E-state index contributed by atoms with van der Waals surface area (Å²) >= 11 is 5.99. The van der Waals surface area contributed by atoms with Crippen LogP contribution in [0.5, 0.6) is 0 Å². The van der Waals surface area contributed by atoms with Crippen LogP contribution >= 0.6 is 11.6 Å². The molecular weight excluding hydrogens is 366 g/mol. The SMILES string of the molecule is Cc1ccc(-c2nc(Cl)nc3c2C(=O)OC3Cc2cc(F)ccc2F)o1. The number of cyclic esters (lactones) is 1. The normalized spacial score (nSPS) is 15.8. The first-order chi connectivity index (χ1) is 12.4. The minimum Gasteiger partial charge on any atom is -0.460 e. The van der Waals surface area contributed by atoms with Crippen molar-refractivity contribution in [1.82, 2.24) is 9.97 Å². The van der Waals surface area contributed by atoms with Gasteiger partial charge in [0.2, 0.25) is 5.28 Å². The number of hydrogen-bond donors (Lipinski definition) is 0. The van der Waals surface area contributed by atoms with E-state index in [4.69, 9.17) is 20.8 Å². The zero-order valence-corrected chi connectivity index (χ0v) is 14.2. The molecule has 0 N–H and O–H groups in total. The van der Waals surface area contributed by atoms with Crippen molar-refractivity contribution < 1.29 is 22.7 Å². The Morgan fingerprint density at radius 3 is 2.73 bits per heavy atom. The summed E-state index contributed by atoms with van der Waals surface area (Å²) in [6.45, 7) is 1.75. The molecule has 8 heteroatoms. The van der Waals surface area contributed by atoms with Gasteiger partial charge >= 0.3 is 5.97 Å². The van der Waals surface area contributed by atoms with Gasteiger partial charge in [-0.1, -0.05) is 0 Å². The van der Waals surface area contributed by atoms with Crippen LogP contribution < -0.4 is 0 Å². The monoisotopic (exact) mass is 376 g/mol. The maximum Gasteiger partial charge on any atom is 0.343 e. The molecule has 132 valence electrons. The number of fused-ring (bicyclic) bond motifs is 1. The molecule has 0 fully saturated rings. The van der Waals surface area contributed by atoms with Gasteiger partial charge in [0, 0.05) is 6.42 Å². The smallest absolute Gasteiger partial charge is 0.343 e. The number of ether oxygens (including phenoxy) is 1. The molecule has 5 nitrogen and oxygen atoms in total. The fourth-order valence-electron chi connectivity index (χ4n) is 2.91. The predicted molar refractivity (Wildman–Crippen MR) is 87.7 cm³/mol. The summed E-state index contributed by atoms with van der Waals surface area (Å²) in [7, 11) is 0. The summed E-state index contributed by atoms with van der Waals surface area (Å²) in [4.78, 5) is 20.5. The van der Waals surface area contributed by atoms with E-state index in [0.717, 1.165) is 18.2 Å². The van der Waals surface area contributed by atoms with Crippen molar-refractivity contribution in [3.8, 4) is 11.5 Å². The molecule has 0 bridgehead atoms. The summed E-state index contributed by atoms with van der Waals surface area (Å²) < 4.78 is 38.2. The van der Waals surface area contributed by atoms with E-state index in [-0.39, 0.29) is 34.2 Å². The van der Waals surface area contributed by atoms with Crippen molar-refractivity contribution in [2.75, 3.05) is 0 Å². The van der Waals surface area contributed by atoms with Crippen molar-refractivity contribution >= 4 is 17.6 Å². The van der Waals surface area contributed by atoms with Crippen molar-refractivity contribution in [2.45, 2.75) is 19.4 Å². The van der Waals surface area contributed by atoms with Gasteiger partial charge in [-0.25, -0.2) is 23.5 Å². The average Bonchev–Trinajstić information content (AvgIpc) is 3.15. The maximum absolute atomic E-state index is 13.9. The van der Waals surface area contributed by atoms with Crippen LogP contribution in [0.3, 0.4) is 0 Å². The molecule has 4 rings (SSSR count). The van der Waals surface area contributed by atoms with Gasteiger partial charge in [-0.15, -0.1) is 0 Å². The molecule has 1 aromatic carbocycles. The minimum absolute atomic E-state index is 0.0702. The number of esters is 1. The van der Waals surface area contributed by atoms with Crippen LogP contribution in [-0.4, -0.2) is 15.9 Å². The number of aromatic nitrogens is 2. The highest BCUT2D eigenvalue weighted by molar-refractivity contribution is 6.28. The Bertz CT molecular complexity index is 1040. The lowest BCUT2D eigenvalue weighted by Crippen LogP contribution is -2.06. The zero-order chi connectivity index (χ0) is 18.4. The molecule has 0 radical (unpaired) electrons. The Balaban J connectivity index is 1.79. The third-order valence-electron chi connectivity index (χ3n) is 4.05. The van der Waals surface area contributed by atoms with Crippen molar-refractivity contribution in [3.63, 3.8) is 0 Å². The number of nitrogens with zero attached hydrogens (tertiary/aromatic N) is 2. The molecule has 3 aromatic rings. The van der Waals surface area contributed by atoms with Gasteiger partial charge in [-0.05, 0) is 54.4 Å². The number of carbonyl (C=O) groups excluding carboxylic acids is 1. The van der Waals surface area contributed by atoms with Gasteiger partial charge < -0.3 is 9.15 Å². The van der Waals surface area contributed by atoms with Crippen molar-refractivity contribution in [1.29, 1.82) is 0 Å². The van der Waals surface area contributed by atoms with Crippen LogP contribution in [0.15, 0.2) is 34.7 Å². The van der Waals surface area contributed by atoms with Gasteiger partial charge in [0.15, 0.2) is 5.76 Å². The molecule has 0 saturated heterocycles. The maximum atomic E-state index is 13.9. The number of aryl methyl sites for hydroxylation is 1. The van der Waals surface area contributed by atoms with E-state index in [1.807, 2.05) is 0 Å². The van der Waals surface area contributed by atoms with Crippen LogP contribution in [0, 0.1) is 18.6 Å². The van der Waals surface area contributed by atoms with Crippen molar-refractivity contribution in [3.05, 3.63) is 69.8 Å². The molecule has 1 aliphatic heterocycles. The minimum atomic E-state index is -0.899. The van der Waals surface area contributed by atoms with Crippen LogP contribution in [0.25, 0.3) is 11.5 Å². The summed E-state index contributed by atoms with van der Waals surface area (Å²) in [6, 6.07) is 6.47. The number of benzene rings is 1. The lowest BCUT2D eigenvalue weighted by molar-refractivity contribution is 0.0380. The van der Waals surface area contributed by atoms with Crippen LogP contribution in [0.4, 0.5) is 8.78 Å². The molecule has 0 amide bonds. The van der Waals surface area contributed by atoms with E-state index in [1.54, 1.807) is 19.1 Å². The second kappa shape index (κ2) is 6.17. The van der Waals surface area contributed by atoms with Gasteiger partial charge in [-0.2, -0.15) is 0 Å². The first kappa shape index (κ1) is 16.7. The summed E-state index contributed by atoms with van der Waals surface area (Å²) in [5.41, 5.74) is 0.620. The second-order valence-corrected chi connectivity index (χ2v) is 6.18. The fraction of sp³-hybridized carbons (Fsp3) is 0.167. The molecule has 3 heterocycles. The van der Waals surface area contributed by atoms with Gasteiger partial charge in [0.1, 0.15) is 40.4 Å². The van der Waals surface area contributed by atoms with E-state index < -0.39 is 23.7 Å². The third-order valence-corrected chi connectivity index (χ3v) is 4.22. The first-order valence-corrected chi connectivity index (χ1v) is 8.09. The second-order valence-electron chi connectivity index (χ2n) is 5.85. The number of hydrogen-bond acceptors (Lipinski definition) is 5. The number of carbonyl (C=O) groups is 1. The Morgan fingerprint density at radius 1 is 1.19 bits per heavy atom. The highest BCUT2D eigenvalue weighted by atomic mass is 35.5. The lowest BCUT2D eigenvalue weighted by Gasteiger charge is -2.11. The molecule has 2 aromatic heterocycles. The van der Waals surface area contributed by atoms with Gasteiger partial charge in [0.05, 0.1) is 0 Å². The van der Waals surface area contributed by atoms with Crippen molar-refractivity contribution in [2.24, 2.45) is 0 Å². The molecule has 1 aliphatic rings. The molecule has 0 aliphatic carbocycles. The highest BCUT2D eigenvalue weighted by Crippen LogP contribution is 2.38. The predicted octanol–water partition coefficient (Wildman–Crippen LogP) is 4.43. The lowest BCUT2D eigenvalue weighted by atomic mass is 10.0. The average molecular weight is 377 g/mol. The molecular formula is C18H11ClF2N2O3. The molecule has 26 heavy (non-hydrogen) atoms. The van der Waals surface area contributed by atoms with Gasteiger partial charge in [-0.3, -0.25) is 0 Å². The topological polar surface area (TPSA) is 65.2 Å². The van der Waals surface area contributed by atoms with Gasteiger partial charge in [0.25, 0.3) is 0 Å². The Morgan fingerprint density at radius 2 is 2.00 bits per heavy atom. The Hall–Kier alpha value is -2.80. The third kappa shape index (κ3) is 2.84. The van der Waals surface area contributed by atoms with Crippen LogP contribution in [-0.2, 0) is 11.2 Å². The summed E-state index contributed by atoms with van der Waals surface area (Å²) in [6.07, 6.45) is -0.976. The fourth-order valence-corrected chi connectivity index (χ4v) is 3.08. The van der Waals surface area contributed by atoms with E-state index >= 15 is 0 Å². The Kier molecular flexibility index (Phi) is 3.96. The molecule has 1 atom stereocenters. The number of furan rings is 1. The molecule has 1 unspecified atom stereocenters. The van der Waals surface area contributed by atoms with E-state index in [9.17, 15) is 13.6 Å². The summed E-state index contributed by atoms with van der Waals surface area (Å²) in [5.74, 6) is -0.871. The molecule has 0 saturated carbocycles. The largest absolute Gasteiger partial charge is 0.460 e. The highest BCUT2D eigenvalue weighted by Gasteiger charge is 2.38.